The molecule has 0 unspecified atom stereocenters. The van der Waals surface area contributed by atoms with Gasteiger partial charge in [0.2, 0.25) is 5.91 Å². The number of aryl methyl sites for hydroxylation is 2. The van der Waals surface area contributed by atoms with Gasteiger partial charge < -0.3 is 11.1 Å². The van der Waals surface area contributed by atoms with Crippen LogP contribution < -0.4 is 11.1 Å². The Morgan fingerprint density at radius 1 is 1.30 bits per heavy atom. The average Bonchev–Trinajstić information content (AvgIpc) is 2.73. The molecule has 3 N–H and O–H groups in total. The third kappa shape index (κ3) is 3.30. The highest BCUT2D eigenvalue weighted by molar-refractivity contribution is 6.05. The van der Waals surface area contributed by atoms with Crippen LogP contribution in [0.25, 0.3) is 0 Å². The molecule has 0 atom stereocenters. The van der Waals surface area contributed by atoms with E-state index in [2.05, 4.69) is 15.4 Å². The lowest BCUT2D eigenvalue weighted by Crippen LogP contribution is -2.21. The number of anilines is 1. The minimum absolute atomic E-state index is 0.0139. The van der Waals surface area contributed by atoms with E-state index in [1.807, 2.05) is 0 Å². The molecule has 7 nitrogen and oxygen atoms in total. The van der Waals surface area contributed by atoms with Gasteiger partial charge in [0.05, 0.1) is 23.1 Å². The number of alkyl halides is 3. The molecule has 23 heavy (non-hydrogen) atoms. The second kappa shape index (κ2) is 5.71. The predicted molar refractivity (Wildman–Crippen MR) is 73.7 cm³/mol. The molecular weight excluding hydrogens is 315 g/mol. The largest absolute Gasteiger partial charge is 0.420 e. The molecule has 0 saturated carbocycles. The van der Waals surface area contributed by atoms with Crippen LogP contribution >= 0.6 is 0 Å². The third-order valence-corrected chi connectivity index (χ3v) is 3.00. The Labute approximate surface area is 128 Å². The number of primary amides is 1. The summed E-state index contributed by atoms with van der Waals surface area (Å²) in [5, 5.41) is 5.88. The number of aromatic nitrogens is 3. The van der Waals surface area contributed by atoms with Gasteiger partial charge in [0.1, 0.15) is 11.3 Å². The van der Waals surface area contributed by atoms with E-state index in [9.17, 15) is 22.8 Å². The number of hydrogen-bond donors (Lipinski definition) is 2. The van der Waals surface area contributed by atoms with E-state index >= 15 is 0 Å². The summed E-state index contributed by atoms with van der Waals surface area (Å²) in [5.74, 6) is -1.80. The number of pyridine rings is 1. The number of nitrogens with one attached hydrogen (secondary N) is 1. The summed E-state index contributed by atoms with van der Waals surface area (Å²) in [4.78, 5) is 26.9. The lowest BCUT2D eigenvalue weighted by Gasteiger charge is -2.10. The van der Waals surface area contributed by atoms with E-state index in [0.29, 0.717) is 0 Å². The summed E-state index contributed by atoms with van der Waals surface area (Å²) in [6.45, 7) is 1.16. The second-order valence-electron chi connectivity index (χ2n) is 4.71. The molecule has 2 amide bonds. The first-order valence-electron chi connectivity index (χ1n) is 6.28. The van der Waals surface area contributed by atoms with E-state index in [0.717, 1.165) is 11.6 Å². The van der Waals surface area contributed by atoms with Gasteiger partial charge in [0.25, 0.3) is 5.91 Å². The number of nitrogens with two attached hydrogens (primary N) is 1. The highest BCUT2D eigenvalue weighted by Crippen LogP contribution is 2.34. The third-order valence-electron chi connectivity index (χ3n) is 3.00. The fourth-order valence-electron chi connectivity index (χ4n) is 2.09. The van der Waals surface area contributed by atoms with Crippen molar-refractivity contribution in [2.24, 2.45) is 12.8 Å². The number of carbonyl (C=O) groups excluding carboxylic acids is 2. The Morgan fingerprint density at radius 2 is 1.96 bits per heavy atom. The molecule has 0 aromatic carbocycles. The van der Waals surface area contributed by atoms with Crippen molar-refractivity contribution < 1.29 is 22.8 Å². The highest BCUT2D eigenvalue weighted by Gasteiger charge is 2.40. The van der Waals surface area contributed by atoms with Crippen molar-refractivity contribution in [3.05, 3.63) is 41.0 Å². The number of hydrogen-bond acceptors (Lipinski definition) is 4. The van der Waals surface area contributed by atoms with Gasteiger partial charge in [-0.2, -0.15) is 18.3 Å². The molecule has 0 saturated heterocycles. The monoisotopic (exact) mass is 327 g/mol. The molecule has 0 bridgehead atoms. The SMILES string of the molecule is Cc1nn(C)c(C(=O)Nc2cncc(C(N)=O)c2)c1C(F)(F)F. The van der Waals surface area contributed by atoms with Crippen LogP contribution in [0.5, 0.6) is 0 Å². The second-order valence-corrected chi connectivity index (χ2v) is 4.71. The lowest BCUT2D eigenvalue weighted by molar-refractivity contribution is -0.138. The lowest BCUT2D eigenvalue weighted by atomic mass is 10.1. The van der Waals surface area contributed by atoms with Gasteiger partial charge in [-0.15, -0.1) is 0 Å². The standard InChI is InChI=1S/C13H12F3N5O2/c1-6-9(13(14,15)16)10(21(2)20-6)12(23)19-8-3-7(11(17)22)4-18-5-8/h3-5H,1-2H3,(H2,17,22)(H,19,23). The Morgan fingerprint density at radius 3 is 2.52 bits per heavy atom. The maximum atomic E-state index is 13.1. The van der Waals surface area contributed by atoms with E-state index in [4.69, 9.17) is 5.73 Å². The molecule has 10 heteroatoms. The van der Waals surface area contributed by atoms with Crippen molar-refractivity contribution in [3.63, 3.8) is 0 Å². The van der Waals surface area contributed by atoms with Crippen LogP contribution in [0.1, 0.15) is 32.1 Å². The van der Waals surface area contributed by atoms with Gasteiger partial charge in [0, 0.05) is 13.2 Å². The van der Waals surface area contributed by atoms with Crippen molar-refractivity contribution in [1.82, 2.24) is 14.8 Å². The first kappa shape index (κ1) is 16.5. The summed E-state index contributed by atoms with van der Waals surface area (Å²) in [6, 6.07) is 1.21. The first-order valence-corrected chi connectivity index (χ1v) is 6.28. The highest BCUT2D eigenvalue weighted by atomic mass is 19.4. The molecule has 0 spiro atoms. The van der Waals surface area contributed by atoms with Gasteiger partial charge >= 0.3 is 6.18 Å². The van der Waals surface area contributed by atoms with Crippen LogP contribution in [0.3, 0.4) is 0 Å². The fraction of sp³-hybridized carbons (Fsp3) is 0.231. The topological polar surface area (TPSA) is 103 Å². The summed E-state index contributed by atoms with van der Waals surface area (Å²) in [6.07, 6.45) is -2.37. The van der Waals surface area contributed by atoms with Crippen LogP contribution in [0.2, 0.25) is 0 Å². The Hall–Kier alpha value is -2.91. The van der Waals surface area contributed by atoms with Gasteiger partial charge in [-0.3, -0.25) is 19.3 Å². The zero-order valence-electron chi connectivity index (χ0n) is 12.1. The number of amides is 2. The molecule has 0 aliphatic heterocycles. The van der Waals surface area contributed by atoms with Crippen molar-refractivity contribution in [3.8, 4) is 0 Å². The van der Waals surface area contributed by atoms with Crippen molar-refractivity contribution in [1.29, 1.82) is 0 Å². The number of halogens is 3. The van der Waals surface area contributed by atoms with E-state index in [-0.39, 0.29) is 16.9 Å². The maximum Gasteiger partial charge on any atom is 0.420 e. The molecule has 0 radical (unpaired) electrons. The molecule has 0 fully saturated rings. The van der Waals surface area contributed by atoms with Gasteiger partial charge in [0.15, 0.2) is 0 Å². The predicted octanol–water partition coefficient (Wildman–Crippen LogP) is 1.49. The molecule has 0 aliphatic rings. The summed E-state index contributed by atoms with van der Waals surface area (Å²) in [7, 11) is 1.23. The fourth-order valence-corrected chi connectivity index (χ4v) is 2.09. The Balaban J connectivity index is 2.39. The molecule has 2 heterocycles. The maximum absolute atomic E-state index is 13.1. The molecule has 2 aromatic rings. The van der Waals surface area contributed by atoms with Crippen LogP contribution in [-0.2, 0) is 13.2 Å². The van der Waals surface area contributed by atoms with E-state index < -0.39 is 29.2 Å². The quantitative estimate of drug-likeness (QED) is 0.891. The number of nitrogens with zero attached hydrogens (tertiary/aromatic N) is 3. The van der Waals surface area contributed by atoms with E-state index in [1.165, 1.54) is 25.5 Å². The van der Waals surface area contributed by atoms with Gasteiger partial charge in [-0.25, -0.2) is 0 Å². The first-order chi connectivity index (χ1) is 10.6. The van der Waals surface area contributed by atoms with Crippen LogP contribution in [0, 0.1) is 6.92 Å². The molecule has 2 rings (SSSR count). The Kier molecular flexibility index (Phi) is 4.08. The minimum Gasteiger partial charge on any atom is -0.366 e. The number of rotatable bonds is 3. The van der Waals surface area contributed by atoms with Crippen molar-refractivity contribution in [2.75, 3.05) is 5.32 Å². The summed E-state index contributed by atoms with van der Waals surface area (Å²) >= 11 is 0. The zero-order valence-corrected chi connectivity index (χ0v) is 12.1. The number of carbonyl (C=O) groups is 2. The van der Waals surface area contributed by atoms with Crippen LogP contribution in [0.15, 0.2) is 18.5 Å². The summed E-state index contributed by atoms with van der Waals surface area (Å²) in [5.41, 5.74) is 3.07. The minimum atomic E-state index is -4.72. The van der Waals surface area contributed by atoms with Gasteiger partial charge in [-0.05, 0) is 13.0 Å². The van der Waals surface area contributed by atoms with Gasteiger partial charge in [-0.1, -0.05) is 0 Å². The van der Waals surface area contributed by atoms with Crippen LogP contribution in [-0.4, -0.2) is 26.6 Å². The molecule has 122 valence electrons. The van der Waals surface area contributed by atoms with Crippen LogP contribution in [0.4, 0.5) is 18.9 Å². The van der Waals surface area contributed by atoms with Crippen molar-refractivity contribution >= 4 is 17.5 Å². The average molecular weight is 327 g/mol. The van der Waals surface area contributed by atoms with E-state index in [1.54, 1.807) is 0 Å². The van der Waals surface area contributed by atoms with Crippen molar-refractivity contribution in [2.45, 2.75) is 13.1 Å². The normalized spacial score (nSPS) is 11.3. The smallest absolute Gasteiger partial charge is 0.366 e. The molecule has 2 aromatic heterocycles. The Bertz CT molecular complexity index is 782. The molecular formula is C13H12F3N5O2. The summed E-state index contributed by atoms with van der Waals surface area (Å²) < 4.78 is 40.1. The molecule has 0 aliphatic carbocycles. The zero-order chi connectivity index (χ0) is 17.4.